The summed E-state index contributed by atoms with van der Waals surface area (Å²) in [7, 11) is 30.4. The molecule has 2 saturated carbocycles. The Hall–Kier alpha value is -0.335. The number of ether oxygens (including phenoxy) is 10. The van der Waals surface area contributed by atoms with E-state index in [-0.39, 0.29) is 99.6 Å². The predicted octanol–water partition coefficient (Wildman–Crippen LogP) is 16.4. The van der Waals surface area contributed by atoms with Gasteiger partial charge in [-0.25, -0.2) is 0 Å². The van der Waals surface area contributed by atoms with E-state index in [1.54, 1.807) is 0 Å². The minimum absolute atomic E-state index is 0.0104. The molecule has 12 rings (SSSR count). The van der Waals surface area contributed by atoms with Crippen molar-refractivity contribution in [3.8, 4) is 0 Å². The zero-order valence-corrected chi connectivity index (χ0v) is 67.1. The maximum atomic E-state index is 6.32. The summed E-state index contributed by atoms with van der Waals surface area (Å²) in [5, 5.41) is 0. The second-order valence-electron chi connectivity index (χ2n) is 38.1. The quantitative estimate of drug-likeness (QED) is 0.0976. The molecule has 542 valence electrons. The minimum atomic E-state index is -0.250. The Morgan fingerprint density at radius 1 is 0.438 bits per heavy atom. The molecule has 0 aromatic rings. The second kappa shape index (κ2) is 31.4. The third-order valence-electron chi connectivity index (χ3n) is 26.9. The van der Waals surface area contributed by atoms with Gasteiger partial charge in [0, 0.05) is 59.1 Å². The summed E-state index contributed by atoms with van der Waals surface area (Å²) in [4.78, 5) is 0. The highest BCUT2D eigenvalue weighted by Gasteiger charge is 2.70. The SMILES string of the molecule is CC(C)[C@@H]1[C@@H]2OC[C@@]1([C@@H](C)C(C)C)O[C@H]2C.[B][C@@H]1OC2(CC(C)C)CC(=C)C1[C@@H]2C(C)C.[B][C@@H]1OC2(CC(C)C)C[C@H](C)C1[C@@H]2C(C)C.[B][C@@H]1O[C@@]2(CC(C)C)[C@H](C(C)C)[C@@H]1O[C@@H]2C.[B][C@@H]1O[C@]2(CC(C)C)CO[C@H]1[C@@]2(C)C(C)C.[B][C@@H]1O[C@]2([C@H](C)C(C)C)CO[C@H]1[C@H]2C(C)C. The van der Waals surface area contributed by atoms with E-state index in [0.717, 1.165) is 38.2 Å². The molecule has 12 aliphatic rings. The van der Waals surface area contributed by atoms with Crippen molar-refractivity contribution in [2.45, 2.75) is 346 Å². The van der Waals surface area contributed by atoms with Crippen LogP contribution in [0.4, 0.5) is 0 Å². The molecule has 0 spiro atoms. The fraction of sp³-hybridized carbons (Fsp3) is 0.975. The van der Waals surface area contributed by atoms with Crippen LogP contribution >= 0.6 is 0 Å². The van der Waals surface area contributed by atoms with E-state index in [2.05, 4.69) is 214 Å². The minimum Gasteiger partial charge on any atom is -0.381 e. The van der Waals surface area contributed by atoms with Crippen LogP contribution in [0.5, 0.6) is 0 Å². The van der Waals surface area contributed by atoms with Gasteiger partial charge in [0.1, 0.15) is 44.8 Å². The van der Waals surface area contributed by atoms with E-state index in [9.17, 15) is 0 Å². The molecular weight excluding hydrogens is 1190 g/mol. The van der Waals surface area contributed by atoms with Gasteiger partial charge in [0.25, 0.3) is 0 Å². The molecule has 10 radical (unpaired) electrons. The first kappa shape index (κ1) is 82.9. The van der Waals surface area contributed by atoms with Gasteiger partial charge in [0.05, 0.1) is 84.4 Å². The van der Waals surface area contributed by atoms with Gasteiger partial charge in [-0.3, -0.25) is 0 Å². The lowest BCUT2D eigenvalue weighted by Gasteiger charge is -2.41. The Bertz CT molecular complexity index is 2380. The third-order valence-corrected chi connectivity index (χ3v) is 26.9. The molecular formula is C81H143B5O10. The van der Waals surface area contributed by atoms with Gasteiger partial charge >= 0.3 is 0 Å². The van der Waals surface area contributed by atoms with Gasteiger partial charge in [-0.1, -0.05) is 206 Å². The normalized spacial score (nSPS) is 45.6. The highest BCUT2D eigenvalue weighted by molar-refractivity contribution is 6.13. The molecule has 0 amide bonds. The monoisotopic (exact) mass is 1330 g/mol. The summed E-state index contributed by atoms with van der Waals surface area (Å²) in [6.45, 7) is 74.3. The maximum absolute atomic E-state index is 6.32. The van der Waals surface area contributed by atoms with Crippen LogP contribution in [0.15, 0.2) is 12.2 Å². The largest absolute Gasteiger partial charge is 0.381 e. The van der Waals surface area contributed by atoms with Gasteiger partial charge in [-0.15, -0.1) is 0 Å². The van der Waals surface area contributed by atoms with E-state index in [0.29, 0.717) is 144 Å². The molecule has 10 heterocycles. The molecule has 12 fully saturated rings. The molecule has 96 heavy (non-hydrogen) atoms. The Kier molecular flexibility index (Phi) is 27.1. The first-order valence-electron chi connectivity index (χ1n) is 39.3. The summed E-state index contributed by atoms with van der Waals surface area (Å²) in [5.41, 5.74) is 0.967. The fourth-order valence-corrected chi connectivity index (χ4v) is 23.1. The number of hydrogen-bond acceptors (Lipinski definition) is 10. The van der Waals surface area contributed by atoms with E-state index in [4.69, 9.17) is 86.6 Å². The van der Waals surface area contributed by atoms with Crippen molar-refractivity contribution in [2.24, 2.45) is 136 Å². The summed E-state index contributed by atoms with van der Waals surface area (Å²) in [5.74, 6) is 12.8. The first-order valence-corrected chi connectivity index (χ1v) is 39.3. The van der Waals surface area contributed by atoms with Gasteiger partial charge in [-0.05, 0) is 159 Å². The summed E-state index contributed by atoms with van der Waals surface area (Å²) in [6.07, 6.45) is 7.60. The van der Waals surface area contributed by atoms with E-state index < -0.39 is 0 Å². The fourth-order valence-electron chi connectivity index (χ4n) is 23.1. The molecule has 0 aromatic carbocycles. The summed E-state index contributed by atoms with van der Waals surface area (Å²) >= 11 is 0. The van der Waals surface area contributed by atoms with Crippen molar-refractivity contribution < 1.29 is 47.4 Å². The van der Waals surface area contributed by atoms with Crippen molar-refractivity contribution >= 4 is 39.2 Å². The van der Waals surface area contributed by atoms with Gasteiger partial charge in [-0.2, -0.15) is 0 Å². The number of fused-ring (bicyclic) bond motifs is 12. The molecule has 10 nitrogen and oxygen atoms in total. The van der Waals surface area contributed by atoms with Crippen LogP contribution in [0, 0.1) is 136 Å². The maximum Gasteiger partial charge on any atom is 0.112 e. The van der Waals surface area contributed by atoms with Crippen molar-refractivity contribution in [2.75, 3.05) is 19.8 Å². The zero-order valence-electron chi connectivity index (χ0n) is 67.1. The predicted molar refractivity (Wildman–Crippen MR) is 399 cm³/mol. The zero-order chi connectivity index (χ0) is 72.6. The lowest BCUT2D eigenvalue weighted by molar-refractivity contribution is -0.164. The molecule has 10 saturated heterocycles. The van der Waals surface area contributed by atoms with Crippen LogP contribution in [-0.4, -0.2) is 159 Å². The molecule has 15 heteroatoms. The van der Waals surface area contributed by atoms with Gasteiger partial charge < -0.3 is 47.4 Å². The van der Waals surface area contributed by atoms with Crippen LogP contribution in [0.25, 0.3) is 0 Å². The molecule has 12 bridgehead atoms. The van der Waals surface area contributed by atoms with Crippen LogP contribution in [0.3, 0.4) is 0 Å². The Balaban J connectivity index is 0.000000163. The molecule has 2 aliphatic carbocycles. The lowest BCUT2D eigenvalue weighted by Crippen LogP contribution is -2.48. The van der Waals surface area contributed by atoms with Crippen molar-refractivity contribution in [1.29, 1.82) is 0 Å². The standard InChI is InChI=1S/C14H25BO.C14H23BO.C14H26O2.3C13H23BO2/c2*1-8(2)6-14-7-10(5)11(13(15)16-14)12(14)9(3)4;1-8(2)10(5)14-7-15-13(11(6)16-14)12(14)9(3)4;1-8(2)6-13-7-15-10(11(14)16-13)12(13,5)9(3)4;1-7(2)9(5)13-6-15-11(12(14)16-13)10(13)8(3)4;1-7(2)6-13-9(5)15-11(12(14)16-13)10(13)8(3)4/h8-13H,6-7H2,1-5H3;8-9,11-13H,5-7H2,1-4H3;8-13H,7H2,1-6H3;8-11H,6-7H2,1-5H3;2*7-12H,6H2,1-5H3/t10-,11?,12-,13+,14?;11?,12-,13+,14?;10-,11-,12+,13+,14-;10-,11-,12-,13-;9-,10-,11+,12-,13+;9-,10-,11+,12-,13-/m000111/s1. The second-order valence-corrected chi connectivity index (χ2v) is 38.1. The average Bonchev–Trinajstić information content (AvgIpc) is 1.58. The van der Waals surface area contributed by atoms with Gasteiger partial charge in [0.2, 0.25) is 0 Å². The van der Waals surface area contributed by atoms with Crippen molar-refractivity contribution in [3.63, 3.8) is 0 Å². The molecule has 0 N–H and O–H groups in total. The molecule has 28 atom stereocenters. The summed E-state index contributed by atoms with van der Waals surface area (Å²) in [6, 6.07) is -0.855. The number of rotatable bonds is 18. The van der Waals surface area contributed by atoms with Crippen LogP contribution in [0.1, 0.15) is 246 Å². The van der Waals surface area contributed by atoms with Crippen LogP contribution in [-0.2, 0) is 47.4 Å². The third kappa shape index (κ3) is 15.1. The Labute approximate surface area is 597 Å². The topological polar surface area (TPSA) is 92.3 Å². The van der Waals surface area contributed by atoms with Gasteiger partial charge in [0.15, 0.2) is 0 Å². The van der Waals surface area contributed by atoms with Crippen LogP contribution in [0.2, 0.25) is 0 Å². The van der Waals surface area contributed by atoms with E-state index >= 15 is 0 Å². The first-order chi connectivity index (χ1) is 44.3. The van der Waals surface area contributed by atoms with Crippen LogP contribution < -0.4 is 0 Å². The van der Waals surface area contributed by atoms with Crippen molar-refractivity contribution in [3.05, 3.63) is 12.2 Å². The Morgan fingerprint density at radius 2 is 0.896 bits per heavy atom. The average molecular weight is 1330 g/mol. The highest BCUT2D eigenvalue weighted by atomic mass is 16.6. The lowest BCUT2D eigenvalue weighted by atomic mass is 9.62. The number of hydrogen-bond donors (Lipinski definition) is 0. The molecule has 10 aliphatic heterocycles. The molecule has 4 unspecified atom stereocenters. The van der Waals surface area contributed by atoms with Crippen molar-refractivity contribution in [1.82, 2.24) is 0 Å². The van der Waals surface area contributed by atoms with E-state index in [1.165, 1.54) is 18.4 Å². The smallest absolute Gasteiger partial charge is 0.112 e. The molecule has 0 aromatic heterocycles. The summed E-state index contributed by atoms with van der Waals surface area (Å²) < 4.78 is 60.7. The van der Waals surface area contributed by atoms with E-state index in [1.807, 2.05) is 0 Å². The highest BCUT2D eigenvalue weighted by Crippen LogP contribution is 2.63. The Morgan fingerprint density at radius 3 is 1.32 bits per heavy atom.